The molecule has 21 heavy (non-hydrogen) atoms. The topological polar surface area (TPSA) is 75.6 Å². The van der Waals surface area contributed by atoms with Gasteiger partial charge in [0.25, 0.3) is 0 Å². The minimum atomic E-state index is -0.781. The Morgan fingerprint density at radius 3 is 2.10 bits per heavy atom. The molecule has 0 saturated carbocycles. The number of unbranched alkanes of at least 4 members (excludes halogenated alkanes) is 7. The molecule has 5 heteroatoms. The molecule has 2 N–H and O–H groups in total. The molecule has 0 aromatic heterocycles. The smallest absolute Gasteiger partial charge is 0.343 e. The van der Waals surface area contributed by atoms with Crippen LogP contribution in [0.5, 0.6) is 0 Å². The molecule has 0 aromatic rings. The van der Waals surface area contributed by atoms with Crippen molar-refractivity contribution in [1.29, 1.82) is 0 Å². The van der Waals surface area contributed by atoms with Crippen molar-refractivity contribution >= 4 is 11.9 Å². The van der Waals surface area contributed by atoms with Crippen LogP contribution in [0.25, 0.3) is 0 Å². The van der Waals surface area contributed by atoms with Crippen molar-refractivity contribution in [2.75, 3.05) is 0 Å². The third-order valence-electron chi connectivity index (χ3n) is 3.56. The largest absolute Gasteiger partial charge is 0.364 e. The van der Waals surface area contributed by atoms with Crippen molar-refractivity contribution < 1.29 is 19.7 Å². The van der Waals surface area contributed by atoms with E-state index in [1.807, 2.05) is 6.92 Å². The SMILES string of the molecule is CCCCCCCCCC(=O)NC(CCCC)C(=O)OO. The Hall–Kier alpha value is -1.10. The van der Waals surface area contributed by atoms with Gasteiger partial charge in [-0.3, -0.25) is 9.68 Å². The normalized spacial score (nSPS) is 12.0. The summed E-state index contributed by atoms with van der Waals surface area (Å²) in [6.07, 6.45) is 10.7. The third-order valence-corrected chi connectivity index (χ3v) is 3.56. The number of hydrogen-bond donors (Lipinski definition) is 2. The first kappa shape index (κ1) is 19.9. The van der Waals surface area contributed by atoms with E-state index in [1.165, 1.54) is 25.7 Å². The number of carbonyl (C=O) groups is 2. The van der Waals surface area contributed by atoms with E-state index in [-0.39, 0.29) is 5.91 Å². The van der Waals surface area contributed by atoms with Gasteiger partial charge in [-0.15, -0.1) is 0 Å². The van der Waals surface area contributed by atoms with Crippen molar-refractivity contribution in [1.82, 2.24) is 5.32 Å². The van der Waals surface area contributed by atoms with E-state index in [4.69, 9.17) is 5.26 Å². The molecular formula is C16H31NO4. The highest BCUT2D eigenvalue weighted by molar-refractivity contribution is 5.84. The lowest BCUT2D eigenvalue weighted by Gasteiger charge is -2.14. The molecule has 0 aliphatic carbocycles. The summed E-state index contributed by atoms with van der Waals surface area (Å²) in [5.74, 6) is -0.925. The van der Waals surface area contributed by atoms with Crippen molar-refractivity contribution in [2.24, 2.45) is 0 Å². The van der Waals surface area contributed by atoms with Gasteiger partial charge in [0.15, 0.2) is 0 Å². The highest BCUT2D eigenvalue weighted by Crippen LogP contribution is 2.09. The van der Waals surface area contributed by atoms with Crippen LogP contribution in [0, 0.1) is 0 Å². The molecule has 1 atom stereocenters. The number of amides is 1. The Bertz CT molecular complexity index is 281. The fourth-order valence-electron chi connectivity index (χ4n) is 2.23. The van der Waals surface area contributed by atoms with E-state index >= 15 is 0 Å². The fourth-order valence-corrected chi connectivity index (χ4v) is 2.23. The van der Waals surface area contributed by atoms with Gasteiger partial charge < -0.3 is 5.32 Å². The van der Waals surface area contributed by atoms with Gasteiger partial charge >= 0.3 is 5.97 Å². The second kappa shape index (κ2) is 13.9. The lowest BCUT2D eigenvalue weighted by molar-refractivity contribution is -0.236. The van der Waals surface area contributed by atoms with Crippen LogP contribution < -0.4 is 5.32 Å². The van der Waals surface area contributed by atoms with Crippen LogP contribution in [-0.2, 0) is 14.5 Å². The number of rotatable bonds is 13. The molecule has 0 aromatic carbocycles. The van der Waals surface area contributed by atoms with Crippen LogP contribution in [0.2, 0.25) is 0 Å². The van der Waals surface area contributed by atoms with Gasteiger partial charge in [-0.05, 0) is 12.8 Å². The minimum Gasteiger partial charge on any atom is -0.343 e. The standard InChI is InChI=1S/C16H31NO4/c1-3-5-7-8-9-10-11-13-15(18)17-14(12-6-4-2)16(19)21-20/h14,20H,3-13H2,1-2H3,(H,17,18). The highest BCUT2D eigenvalue weighted by atomic mass is 17.1. The molecule has 5 nitrogen and oxygen atoms in total. The summed E-state index contributed by atoms with van der Waals surface area (Å²) in [7, 11) is 0. The summed E-state index contributed by atoms with van der Waals surface area (Å²) >= 11 is 0. The molecule has 1 amide bonds. The molecule has 0 radical (unpaired) electrons. The molecule has 0 aliphatic heterocycles. The summed E-state index contributed by atoms with van der Waals surface area (Å²) in [5.41, 5.74) is 0. The van der Waals surface area contributed by atoms with E-state index in [0.717, 1.165) is 32.1 Å². The molecule has 0 bridgehead atoms. The lowest BCUT2D eigenvalue weighted by atomic mass is 10.1. The van der Waals surface area contributed by atoms with Crippen LogP contribution in [0.15, 0.2) is 0 Å². The van der Waals surface area contributed by atoms with E-state index in [2.05, 4.69) is 17.1 Å². The molecule has 0 spiro atoms. The van der Waals surface area contributed by atoms with E-state index in [9.17, 15) is 9.59 Å². The van der Waals surface area contributed by atoms with E-state index < -0.39 is 12.0 Å². The number of carbonyl (C=O) groups excluding carboxylic acids is 2. The van der Waals surface area contributed by atoms with Crippen molar-refractivity contribution in [3.05, 3.63) is 0 Å². The van der Waals surface area contributed by atoms with Crippen LogP contribution >= 0.6 is 0 Å². The molecular weight excluding hydrogens is 270 g/mol. The highest BCUT2D eigenvalue weighted by Gasteiger charge is 2.21. The first-order valence-corrected chi connectivity index (χ1v) is 8.30. The van der Waals surface area contributed by atoms with Crippen molar-refractivity contribution in [3.8, 4) is 0 Å². The Labute approximate surface area is 128 Å². The first-order chi connectivity index (χ1) is 10.2. The summed E-state index contributed by atoms with van der Waals surface area (Å²) in [4.78, 5) is 26.9. The zero-order valence-corrected chi connectivity index (χ0v) is 13.5. The van der Waals surface area contributed by atoms with Gasteiger partial charge in [0.2, 0.25) is 5.91 Å². The van der Waals surface area contributed by atoms with Gasteiger partial charge in [-0.1, -0.05) is 65.2 Å². The maximum Gasteiger partial charge on any atom is 0.364 e. The summed E-state index contributed by atoms with van der Waals surface area (Å²) in [6.45, 7) is 4.19. The first-order valence-electron chi connectivity index (χ1n) is 8.30. The predicted octanol–water partition coefficient (Wildman–Crippen LogP) is 3.82. The van der Waals surface area contributed by atoms with Crippen LogP contribution in [0.3, 0.4) is 0 Å². The average molecular weight is 301 g/mol. The average Bonchev–Trinajstić information content (AvgIpc) is 2.49. The van der Waals surface area contributed by atoms with Crippen LogP contribution in [0.4, 0.5) is 0 Å². The minimum absolute atomic E-state index is 0.143. The zero-order chi connectivity index (χ0) is 15.9. The second-order valence-corrected chi connectivity index (χ2v) is 5.54. The van der Waals surface area contributed by atoms with Gasteiger partial charge in [-0.2, -0.15) is 5.26 Å². The summed E-state index contributed by atoms with van der Waals surface area (Å²) in [5, 5.41) is 11.1. The van der Waals surface area contributed by atoms with Crippen molar-refractivity contribution in [3.63, 3.8) is 0 Å². The van der Waals surface area contributed by atoms with Gasteiger partial charge in [-0.25, -0.2) is 4.79 Å². The molecule has 0 aliphatic rings. The van der Waals surface area contributed by atoms with Crippen LogP contribution in [-0.4, -0.2) is 23.2 Å². The molecule has 1 unspecified atom stereocenters. The van der Waals surface area contributed by atoms with E-state index in [0.29, 0.717) is 12.8 Å². The predicted molar refractivity (Wildman–Crippen MR) is 82.8 cm³/mol. The number of nitrogens with one attached hydrogen (secondary N) is 1. The Balaban J connectivity index is 3.79. The lowest BCUT2D eigenvalue weighted by Crippen LogP contribution is -2.41. The molecule has 0 rings (SSSR count). The number of hydrogen-bond acceptors (Lipinski definition) is 4. The summed E-state index contributed by atoms with van der Waals surface area (Å²) in [6, 6.07) is -0.730. The monoisotopic (exact) mass is 301 g/mol. The maximum atomic E-state index is 11.8. The van der Waals surface area contributed by atoms with Gasteiger partial charge in [0.05, 0.1) is 0 Å². The third kappa shape index (κ3) is 11.3. The van der Waals surface area contributed by atoms with Gasteiger partial charge in [0.1, 0.15) is 6.04 Å². The van der Waals surface area contributed by atoms with Crippen molar-refractivity contribution in [2.45, 2.75) is 90.5 Å². The van der Waals surface area contributed by atoms with Gasteiger partial charge in [0, 0.05) is 6.42 Å². The fraction of sp³-hybridized carbons (Fsp3) is 0.875. The Morgan fingerprint density at radius 1 is 0.952 bits per heavy atom. The quantitative estimate of drug-likeness (QED) is 0.308. The molecule has 124 valence electrons. The molecule has 0 heterocycles. The van der Waals surface area contributed by atoms with E-state index in [1.54, 1.807) is 0 Å². The Morgan fingerprint density at radius 2 is 1.52 bits per heavy atom. The van der Waals surface area contributed by atoms with Crippen LogP contribution in [0.1, 0.15) is 84.5 Å². The maximum absolute atomic E-state index is 11.8. The zero-order valence-electron chi connectivity index (χ0n) is 13.5. The molecule has 0 saturated heterocycles. The molecule has 0 fully saturated rings. The summed E-state index contributed by atoms with van der Waals surface area (Å²) < 4.78 is 0. The Kier molecular flexibility index (Phi) is 13.1. The second-order valence-electron chi connectivity index (χ2n) is 5.54.